The number of hydrogen-bond donors (Lipinski definition) is 2. The van der Waals surface area contributed by atoms with Gasteiger partial charge in [0.1, 0.15) is 0 Å². The SMILES string of the molecule is NNC(CC1CCC1)c1cnn2ccncc12. The Labute approximate surface area is 100 Å². The van der Waals surface area contributed by atoms with Crippen LogP contribution in [-0.4, -0.2) is 14.6 Å². The zero-order valence-electron chi connectivity index (χ0n) is 9.71. The van der Waals surface area contributed by atoms with Crippen molar-refractivity contribution in [3.05, 3.63) is 30.4 Å². The molecule has 5 nitrogen and oxygen atoms in total. The quantitative estimate of drug-likeness (QED) is 0.617. The molecular weight excluding hydrogens is 214 g/mol. The molecule has 0 bridgehead atoms. The summed E-state index contributed by atoms with van der Waals surface area (Å²) in [7, 11) is 0. The van der Waals surface area contributed by atoms with Crippen molar-refractivity contribution in [1.29, 1.82) is 0 Å². The van der Waals surface area contributed by atoms with E-state index < -0.39 is 0 Å². The summed E-state index contributed by atoms with van der Waals surface area (Å²) in [4.78, 5) is 4.15. The lowest BCUT2D eigenvalue weighted by atomic mass is 9.80. The summed E-state index contributed by atoms with van der Waals surface area (Å²) in [6.07, 6.45) is 12.4. The first-order valence-electron chi connectivity index (χ1n) is 6.12. The lowest BCUT2D eigenvalue weighted by Crippen LogP contribution is -2.31. The molecule has 3 rings (SSSR count). The predicted octanol–water partition coefficient (Wildman–Crippen LogP) is 1.42. The fraction of sp³-hybridized carbons (Fsp3) is 0.500. The van der Waals surface area contributed by atoms with Gasteiger partial charge in [0, 0.05) is 18.0 Å². The minimum Gasteiger partial charge on any atom is -0.271 e. The monoisotopic (exact) mass is 231 g/mol. The Balaban J connectivity index is 1.89. The van der Waals surface area contributed by atoms with Crippen LogP contribution in [0.1, 0.15) is 37.3 Å². The normalized spacial score (nSPS) is 18.2. The molecular formula is C12H17N5. The number of nitrogens with zero attached hydrogens (tertiary/aromatic N) is 3. The van der Waals surface area contributed by atoms with Crippen LogP contribution in [0.4, 0.5) is 0 Å². The zero-order valence-corrected chi connectivity index (χ0v) is 9.71. The maximum Gasteiger partial charge on any atom is 0.0893 e. The molecule has 0 aliphatic heterocycles. The number of hydrazine groups is 1. The first kappa shape index (κ1) is 10.7. The van der Waals surface area contributed by atoms with Crippen LogP contribution in [0.25, 0.3) is 5.52 Å². The van der Waals surface area contributed by atoms with Crippen LogP contribution in [0.3, 0.4) is 0 Å². The van der Waals surface area contributed by atoms with E-state index in [4.69, 9.17) is 5.84 Å². The highest BCUT2D eigenvalue weighted by molar-refractivity contribution is 5.53. The third-order valence-corrected chi connectivity index (χ3v) is 3.72. The number of aromatic nitrogens is 3. The van der Waals surface area contributed by atoms with Crippen molar-refractivity contribution in [3.63, 3.8) is 0 Å². The van der Waals surface area contributed by atoms with Gasteiger partial charge in [0.15, 0.2) is 0 Å². The topological polar surface area (TPSA) is 68.2 Å². The van der Waals surface area contributed by atoms with Gasteiger partial charge in [-0.25, -0.2) is 4.52 Å². The summed E-state index contributed by atoms with van der Waals surface area (Å²) < 4.78 is 1.84. The van der Waals surface area contributed by atoms with Gasteiger partial charge >= 0.3 is 0 Å². The zero-order chi connectivity index (χ0) is 11.7. The highest BCUT2D eigenvalue weighted by atomic mass is 15.3. The Morgan fingerprint density at radius 2 is 2.35 bits per heavy atom. The summed E-state index contributed by atoms with van der Waals surface area (Å²) >= 11 is 0. The van der Waals surface area contributed by atoms with E-state index in [2.05, 4.69) is 15.5 Å². The molecule has 2 heterocycles. The molecule has 17 heavy (non-hydrogen) atoms. The van der Waals surface area contributed by atoms with Crippen LogP contribution < -0.4 is 11.3 Å². The van der Waals surface area contributed by atoms with Crippen LogP contribution in [-0.2, 0) is 0 Å². The minimum absolute atomic E-state index is 0.182. The Hall–Kier alpha value is -1.46. The van der Waals surface area contributed by atoms with Crippen molar-refractivity contribution >= 4 is 5.52 Å². The van der Waals surface area contributed by atoms with Crippen LogP contribution in [0.5, 0.6) is 0 Å². The van der Waals surface area contributed by atoms with Crippen molar-refractivity contribution in [1.82, 2.24) is 20.0 Å². The van der Waals surface area contributed by atoms with Gasteiger partial charge in [-0.3, -0.25) is 16.3 Å². The van der Waals surface area contributed by atoms with E-state index in [0.717, 1.165) is 23.4 Å². The summed E-state index contributed by atoms with van der Waals surface area (Å²) in [5.41, 5.74) is 5.10. The van der Waals surface area contributed by atoms with Crippen LogP contribution >= 0.6 is 0 Å². The molecule has 0 amide bonds. The fourth-order valence-corrected chi connectivity index (χ4v) is 2.47. The van der Waals surface area contributed by atoms with Crippen molar-refractivity contribution in [2.75, 3.05) is 0 Å². The molecule has 0 spiro atoms. The van der Waals surface area contributed by atoms with Gasteiger partial charge in [-0.15, -0.1) is 0 Å². The molecule has 1 saturated carbocycles. The molecule has 0 saturated heterocycles. The van der Waals surface area contributed by atoms with Crippen molar-refractivity contribution in [3.8, 4) is 0 Å². The number of rotatable bonds is 4. The molecule has 0 radical (unpaired) electrons. The fourth-order valence-electron chi connectivity index (χ4n) is 2.47. The van der Waals surface area contributed by atoms with Crippen molar-refractivity contribution in [2.45, 2.75) is 31.7 Å². The molecule has 1 unspecified atom stereocenters. The van der Waals surface area contributed by atoms with Crippen molar-refractivity contribution < 1.29 is 0 Å². The predicted molar refractivity (Wildman–Crippen MR) is 65.0 cm³/mol. The Kier molecular flexibility index (Phi) is 2.78. The van der Waals surface area contributed by atoms with E-state index in [1.165, 1.54) is 19.3 Å². The number of nitrogens with one attached hydrogen (secondary N) is 1. The number of nitrogens with two attached hydrogens (primary N) is 1. The van der Waals surface area contributed by atoms with Crippen molar-refractivity contribution in [2.24, 2.45) is 11.8 Å². The van der Waals surface area contributed by atoms with Gasteiger partial charge in [0.2, 0.25) is 0 Å². The number of fused-ring (bicyclic) bond motifs is 1. The van der Waals surface area contributed by atoms with Crippen LogP contribution in [0.2, 0.25) is 0 Å². The van der Waals surface area contributed by atoms with E-state index in [1.807, 2.05) is 23.1 Å². The van der Waals surface area contributed by atoms with Gasteiger partial charge in [-0.2, -0.15) is 5.10 Å². The third kappa shape index (κ3) is 1.92. The smallest absolute Gasteiger partial charge is 0.0893 e. The van der Waals surface area contributed by atoms with Crippen LogP contribution in [0, 0.1) is 5.92 Å². The van der Waals surface area contributed by atoms with E-state index in [-0.39, 0.29) is 6.04 Å². The molecule has 2 aromatic rings. The maximum absolute atomic E-state index is 5.67. The standard InChI is InChI=1S/C12H17N5/c13-16-11(6-9-2-1-3-9)10-7-15-17-5-4-14-8-12(10)17/h4-5,7-9,11,16H,1-3,6,13H2. The van der Waals surface area contributed by atoms with E-state index >= 15 is 0 Å². The molecule has 2 aromatic heterocycles. The Bertz CT molecular complexity index is 502. The molecule has 1 aliphatic carbocycles. The van der Waals surface area contributed by atoms with E-state index in [1.54, 1.807) is 6.20 Å². The van der Waals surface area contributed by atoms with Gasteiger partial charge in [0.25, 0.3) is 0 Å². The van der Waals surface area contributed by atoms with E-state index in [9.17, 15) is 0 Å². The maximum atomic E-state index is 5.67. The second-order valence-corrected chi connectivity index (χ2v) is 4.76. The second kappa shape index (κ2) is 4.43. The van der Waals surface area contributed by atoms with Crippen LogP contribution in [0.15, 0.2) is 24.8 Å². The van der Waals surface area contributed by atoms with Gasteiger partial charge in [-0.1, -0.05) is 19.3 Å². The summed E-state index contributed by atoms with van der Waals surface area (Å²) in [5.74, 6) is 6.48. The molecule has 3 N–H and O–H groups in total. The summed E-state index contributed by atoms with van der Waals surface area (Å²) in [6, 6.07) is 0.182. The largest absolute Gasteiger partial charge is 0.271 e. The number of hydrogen-bond acceptors (Lipinski definition) is 4. The lowest BCUT2D eigenvalue weighted by molar-refractivity contribution is 0.262. The first-order valence-corrected chi connectivity index (χ1v) is 6.12. The van der Waals surface area contributed by atoms with Gasteiger partial charge in [-0.05, 0) is 12.3 Å². The second-order valence-electron chi connectivity index (χ2n) is 4.76. The molecule has 1 fully saturated rings. The average molecular weight is 231 g/mol. The van der Waals surface area contributed by atoms with Gasteiger partial charge < -0.3 is 0 Å². The molecule has 1 aliphatic rings. The third-order valence-electron chi connectivity index (χ3n) is 3.72. The molecule has 1 atom stereocenters. The molecule has 5 heteroatoms. The Morgan fingerprint density at radius 3 is 3.06 bits per heavy atom. The average Bonchev–Trinajstić information content (AvgIpc) is 2.72. The lowest BCUT2D eigenvalue weighted by Gasteiger charge is -2.29. The molecule has 0 aromatic carbocycles. The minimum atomic E-state index is 0.182. The first-order chi connectivity index (χ1) is 8.38. The highest BCUT2D eigenvalue weighted by Crippen LogP contribution is 2.35. The van der Waals surface area contributed by atoms with E-state index in [0.29, 0.717) is 0 Å². The Morgan fingerprint density at radius 1 is 1.47 bits per heavy atom. The highest BCUT2D eigenvalue weighted by Gasteiger charge is 2.24. The molecule has 90 valence electrons. The summed E-state index contributed by atoms with van der Waals surface area (Å²) in [5, 5.41) is 4.32. The van der Waals surface area contributed by atoms with Gasteiger partial charge in [0.05, 0.1) is 24.0 Å². The summed E-state index contributed by atoms with van der Waals surface area (Å²) in [6.45, 7) is 0.